The Hall–Kier alpha value is -0.0200. The summed E-state index contributed by atoms with van der Waals surface area (Å²) in [4.78, 5) is 16.6. The van der Waals surface area contributed by atoms with Gasteiger partial charge in [-0.05, 0) is 6.42 Å². The van der Waals surface area contributed by atoms with Crippen LogP contribution < -0.4 is 0 Å². The Morgan fingerprint density at radius 1 is 1.36 bits per heavy atom. The van der Waals surface area contributed by atoms with Gasteiger partial charge in [0, 0.05) is 0 Å². The molecular formula is C4H11O8PS. The molecule has 0 fully saturated rings. The van der Waals surface area contributed by atoms with E-state index in [1.54, 1.807) is 0 Å². The van der Waals surface area contributed by atoms with Gasteiger partial charge in [0.25, 0.3) is 10.1 Å². The fraction of sp³-hybridized carbons (Fsp3) is 1.00. The minimum atomic E-state index is -4.76. The summed E-state index contributed by atoms with van der Waals surface area (Å²) in [6.45, 7) is -0.749. The van der Waals surface area contributed by atoms with Crippen molar-refractivity contribution in [2.45, 2.75) is 12.5 Å². The summed E-state index contributed by atoms with van der Waals surface area (Å²) < 4.78 is 43.1. The van der Waals surface area contributed by atoms with Gasteiger partial charge in [-0.25, -0.2) is 4.57 Å². The number of phosphoric acid groups is 1. The molecule has 0 saturated heterocycles. The molecule has 1 atom stereocenters. The zero-order valence-electron chi connectivity index (χ0n) is 6.98. The van der Waals surface area contributed by atoms with E-state index in [1.165, 1.54) is 0 Å². The molecule has 0 aromatic heterocycles. The number of phosphoric ester groups is 1. The summed E-state index contributed by atoms with van der Waals surface area (Å²) in [5, 5.41) is 8.54. The van der Waals surface area contributed by atoms with Gasteiger partial charge in [0.15, 0.2) is 0 Å². The fourth-order valence-electron chi connectivity index (χ4n) is 0.652. The van der Waals surface area contributed by atoms with Crippen molar-refractivity contribution in [3.8, 4) is 0 Å². The van der Waals surface area contributed by atoms with Crippen LogP contribution in [0.3, 0.4) is 0 Å². The van der Waals surface area contributed by atoms with Crippen LogP contribution in [0.1, 0.15) is 6.42 Å². The Labute approximate surface area is 80.5 Å². The Kier molecular flexibility index (Phi) is 5.16. The number of hydrogen-bond acceptors (Lipinski definition) is 5. The Balaban J connectivity index is 4.12. The highest BCUT2D eigenvalue weighted by molar-refractivity contribution is 7.85. The monoisotopic (exact) mass is 250 g/mol. The van der Waals surface area contributed by atoms with E-state index in [2.05, 4.69) is 4.52 Å². The quantitative estimate of drug-likeness (QED) is 0.338. The molecule has 0 radical (unpaired) electrons. The molecular weight excluding hydrogens is 239 g/mol. The Morgan fingerprint density at radius 3 is 2.14 bits per heavy atom. The Bertz CT molecular complexity index is 303. The van der Waals surface area contributed by atoms with E-state index in [0.29, 0.717) is 0 Å². The number of aliphatic hydroxyl groups excluding tert-OH is 1. The van der Waals surface area contributed by atoms with E-state index in [4.69, 9.17) is 19.4 Å². The van der Waals surface area contributed by atoms with Crippen molar-refractivity contribution in [2.75, 3.05) is 12.4 Å². The number of hydrogen-bond donors (Lipinski definition) is 4. The first kappa shape index (κ1) is 14.0. The smallest absolute Gasteiger partial charge is 0.394 e. The topological polar surface area (TPSA) is 141 Å². The molecule has 0 saturated carbocycles. The molecule has 0 amide bonds. The van der Waals surface area contributed by atoms with Crippen molar-refractivity contribution in [2.24, 2.45) is 0 Å². The molecule has 4 N–H and O–H groups in total. The second-order valence-corrected chi connectivity index (χ2v) is 5.24. The summed E-state index contributed by atoms with van der Waals surface area (Å²) >= 11 is 0. The van der Waals surface area contributed by atoms with E-state index < -0.39 is 42.8 Å². The predicted molar refractivity (Wildman–Crippen MR) is 45.0 cm³/mol. The molecule has 0 aliphatic heterocycles. The molecule has 8 nitrogen and oxygen atoms in total. The molecule has 0 spiro atoms. The van der Waals surface area contributed by atoms with E-state index >= 15 is 0 Å². The predicted octanol–water partition coefficient (Wildman–Crippen LogP) is -1.27. The van der Waals surface area contributed by atoms with E-state index in [9.17, 15) is 13.0 Å². The summed E-state index contributed by atoms with van der Waals surface area (Å²) in [5.41, 5.74) is 0. The third-order valence-corrected chi connectivity index (χ3v) is 2.51. The van der Waals surface area contributed by atoms with Crippen LogP contribution in [0, 0.1) is 0 Å². The molecule has 14 heavy (non-hydrogen) atoms. The van der Waals surface area contributed by atoms with Crippen LogP contribution in [-0.4, -0.2) is 46.3 Å². The highest BCUT2D eigenvalue weighted by Gasteiger charge is 2.22. The zero-order chi connectivity index (χ0) is 11.4. The van der Waals surface area contributed by atoms with E-state index in [1.807, 2.05) is 0 Å². The number of aliphatic hydroxyl groups is 1. The lowest BCUT2D eigenvalue weighted by Gasteiger charge is -2.14. The average molecular weight is 250 g/mol. The van der Waals surface area contributed by atoms with Crippen LogP contribution >= 0.6 is 7.82 Å². The van der Waals surface area contributed by atoms with Crippen LogP contribution in [0.2, 0.25) is 0 Å². The molecule has 0 aromatic rings. The maximum Gasteiger partial charge on any atom is 0.469 e. The lowest BCUT2D eigenvalue weighted by atomic mass is 10.3. The van der Waals surface area contributed by atoms with Gasteiger partial charge in [0.1, 0.15) is 0 Å². The minimum Gasteiger partial charge on any atom is -0.394 e. The highest BCUT2D eigenvalue weighted by atomic mass is 32.2. The van der Waals surface area contributed by atoms with Gasteiger partial charge >= 0.3 is 7.82 Å². The van der Waals surface area contributed by atoms with Crippen LogP contribution in [0.25, 0.3) is 0 Å². The van der Waals surface area contributed by atoms with Gasteiger partial charge in [0.2, 0.25) is 0 Å². The maximum atomic E-state index is 10.3. The lowest BCUT2D eigenvalue weighted by Crippen LogP contribution is -2.20. The van der Waals surface area contributed by atoms with Gasteiger partial charge in [-0.15, -0.1) is 0 Å². The zero-order valence-corrected chi connectivity index (χ0v) is 8.69. The molecule has 1 unspecified atom stereocenters. The van der Waals surface area contributed by atoms with Crippen LogP contribution in [0.15, 0.2) is 0 Å². The van der Waals surface area contributed by atoms with E-state index in [0.717, 1.165) is 0 Å². The highest BCUT2D eigenvalue weighted by Crippen LogP contribution is 2.38. The van der Waals surface area contributed by atoms with Crippen LogP contribution in [0.4, 0.5) is 0 Å². The molecule has 0 bridgehead atoms. The third-order valence-electron chi connectivity index (χ3n) is 1.19. The van der Waals surface area contributed by atoms with Gasteiger partial charge in [-0.3, -0.25) is 9.08 Å². The first-order valence-electron chi connectivity index (χ1n) is 3.44. The summed E-state index contributed by atoms with van der Waals surface area (Å²) in [6, 6.07) is 0. The SMILES string of the molecule is O=P(O)(O)OC(CO)CCS(=O)(=O)O. The summed E-state index contributed by atoms with van der Waals surface area (Å²) in [7, 11) is -8.99. The van der Waals surface area contributed by atoms with Crippen molar-refractivity contribution in [1.29, 1.82) is 0 Å². The largest absolute Gasteiger partial charge is 0.469 e. The van der Waals surface area contributed by atoms with Gasteiger partial charge in [-0.2, -0.15) is 8.42 Å². The minimum absolute atomic E-state index is 0.402. The number of rotatable bonds is 6. The van der Waals surface area contributed by atoms with Crippen molar-refractivity contribution >= 4 is 17.9 Å². The van der Waals surface area contributed by atoms with E-state index in [-0.39, 0.29) is 0 Å². The second-order valence-electron chi connectivity index (χ2n) is 2.48. The normalized spacial score (nSPS) is 15.4. The van der Waals surface area contributed by atoms with Crippen molar-refractivity contribution in [1.82, 2.24) is 0 Å². The average Bonchev–Trinajstić information content (AvgIpc) is 1.94. The fourth-order valence-corrected chi connectivity index (χ4v) is 1.77. The summed E-state index contributed by atoms with van der Waals surface area (Å²) in [6.07, 6.45) is -1.72. The van der Waals surface area contributed by atoms with Gasteiger partial charge in [-0.1, -0.05) is 0 Å². The third kappa shape index (κ3) is 8.57. The van der Waals surface area contributed by atoms with Crippen molar-refractivity contribution in [3.05, 3.63) is 0 Å². The van der Waals surface area contributed by atoms with Gasteiger partial charge < -0.3 is 14.9 Å². The summed E-state index contributed by atoms with van der Waals surface area (Å²) in [5.74, 6) is -0.738. The lowest BCUT2D eigenvalue weighted by molar-refractivity contribution is 0.0781. The maximum absolute atomic E-state index is 10.3. The molecule has 0 aliphatic rings. The second kappa shape index (κ2) is 5.17. The molecule has 0 rings (SSSR count). The first-order valence-corrected chi connectivity index (χ1v) is 6.58. The molecule has 0 aromatic carbocycles. The standard InChI is InChI=1S/C4H11O8PS/c5-3-4(12-13(6,7)8)1-2-14(9,10)11/h4-5H,1-3H2,(H2,6,7,8)(H,9,10,11). The molecule has 0 aliphatic carbocycles. The van der Waals surface area contributed by atoms with Crippen molar-refractivity contribution < 1.29 is 37.0 Å². The van der Waals surface area contributed by atoms with Gasteiger partial charge in [0.05, 0.1) is 18.5 Å². The molecule has 86 valence electrons. The molecule has 10 heteroatoms. The van der Waals surface area contributed by atoms with Crippen LogP contribution in [0.5, 0.6) is 0 Å². The molecule has 0 heterocycles. The Morgan fingerprint density at radius 2 is 1.86 bits per heavy atom. The first-order chi connectivity index (χ1) is 6.14. The van der Waals surface area contributed by atoms with Crippen molar-refractivity contribution in [3.63, 3.8) is 0 Å². The van der Waals surface area contributed by atoms with Crippen LogP contribution in [-0.2, 0) is 19.2 Å².